The summed E-state index contributed by atoms with van der Waals surface area (Å²) in [5, 5.41) is 0. The average molecular weight is 218 g/mol. The molecule has 0 bridgehead atoms. The lowest BCUT2D eigenvalue weighted by molar-refractivity contribution is -0.118. The molecule has 0 unspecified atom stereocenters. The van der Waals surface area contributed by atoms with Gasteiger partial charge in [-0.15, -0.1) is 0 Å². The van der Waals surface area contributed by atoms with Gasteiger partial charge < -0.3 is 10.6 Å². The number of benzene rings is 1. The van der Waals surface area contributed by atoms with Crippen LogP contribution in [-0.4, -0.2) is 12.5 Å². The summed E-state index contributed by atoms with van der Waals surface area (Å²) in [6.07, 6.45) is 3.96. The van der Waals surface area contributed by atoms with Crippen LogP contribution in [0.1, 0.15) is 31.2 Å². The molecule has 0 aliphatic carbocycles. The molecule has 1 heterocycles. The van der Waals surface area contributed by atoms with Crippen LogP contribution >= 0.6 is 0 Å². The Balaban J connectivity index is 2.17. The highest BCUT2D eigenvalue weighted by Gasteiger charge is 2.17. The number of anilines is 1. The number of amides is 1. The zero-order valence-corrected chi connectivity index (χ0v) is 9.48. The van der Waals surface area contributed by atoms with Gasteiger partial charge in [-0.1, -0.05) is 18.6 Å². The summed E-state index contributed by atoms with van der Waals surface area (Å²) in [6, 6.07) is 7.97. The third kappa shape index (κ3) is 2.42. The lowest BCUT2D eigenvalue weighted by atomic mass is 10.2. The standard InChI is InChI=1S/C13H18N2O/c14-10-11-5-7-12(8-6-11)15-9-3-1-2-4-13(15)16/h5-8H,1-4,9-10,14H2. The van der Waals surface area contributed by atoms with Gasteiger partial charge in [0.2, 0.25) is 5.91 Å². The topological polar surface area (TPSA) is 46.3 Å². The molecule has 1 saturated heterocycles. The molecule has 1 aromatic rings. The van der Waals surface area contributed by atoms with Crippen LogP contribution in [0.25, 0.3) is 0 Å². The second-order valence-electron chi connectivity index (χ2n) is 4.23. The quantitative estimate of drug-likeness (QED) is 0.825. The Morgan fingerprint density at radius 2 is 1.88 bits per heavy atom. The molecule has 2 rings (SSSR count). The minimum Gasteiger partial charge on any atom is -0.326 e. The zero-order chi connectivity index (χ0) is 11.4. The van der Waals surface area contributed by atoms with Crippen molar-refractivity contribution in [1.29, 1.82) is 0 Å². The normalized spacial score (nSPS) is 17.3. The molecular weight excluding hydrogens is 200 g/mol. The summed E-state index contributed by atoms with van der Waals surface area (Å²) in [7, 11) is 0. The van der Waals surface area contributed by atoms with Crippen molar-refractivity contribution in [3.05, 3.63) is 29.8 Å². The van der Waals surface area contributed by atoms with E-state index in [1.807, 2.05) is 29.2 Å². The molecule has 1 fully saturated rings. The van der Waals surface area contributed by atoms with E-state index >= 15 is 0 Å². The molecule has 86 valence electrons. The van der Waals surface area contributed by atoms with E-state index in [1.165, 1.54) is 0 Å². The first-order valence-corrected chi connectivity index (χ1v) is 5.90. The number of rotatable bonds is 2. The van der Waals surface area contributed by atoms with Gasteiger partial charge in [0.15, 0.2) is 0 Å². The molecule has 1 amide bonds. The Labute approximate surface area is 96.2 Å². The number of hydrogen-bond acceptors (Lipinski definition) is 2. The lowest BCUT2D eigenvalue weighted by Crippen LogP contribution is -2.29. The van der Waals surface area contributed by atoms with E-state index in [0.29, 0.717) is 13.0 Å². The van der Waals surface area contributed by atoms with Crippen LogP contribution in [-0.2, 0) is 11.3 Å². The number of nitrogens with two attached hydrogens (primary N) is 1. The van der Waals surface area contributed by atoms with Crippen LogP contribution in [0.4, 0.5) is 5.69 Å². The van der Waals surface area contributed by atoms with Crippen LogP contribution in [0.15, 0.2) is 24.3 Å². The third-order valence-corrected chi connectivity index (χ3v) is 3.06. The van der Waals surface area contributed by atoms with Gasteiger partial charge in [-0.3, -0.25) is 4.79 Å². The fourth-order valence-electron chi connectivity index (χ4n) is 2.07. The second kappa shape index (κ2) is 5.12. The van der Waals surface area contributed by atoms with Crippen LogP contribution in [0.3, 0.4) is 0 Å². The molecule has 0 aromatic heterocycles. The van der Waals surface area contributed by atoms with Crippen molar-refractivity contribution in [2.45, 2.75) is 32.2 Å². The number of hydrogen-bond donors (Lipinski definition) is 1. The van der Waals surface area contributed by atoms with E-state index in [2.05, 4.69) is 0 Å². The molecule has 3 nitrogen and oxygen atoms in total. The van der Waals surface area contributed by atoms with E-state index in [9.17, 15) is 4.79 Å². The summed E-state index contributed by atoms with van der Waals surface area (Å²) in [5.74, 6) is 0.248. The highest BCUT2D eigenvalue weighted by Crippen LogP contribution is 2.20. The Hall–Kier alpha value is -1.35. The summed E-state index contributed by atoms with van der Waals surface area (Å²) in [5.41, 5.74) is 7.66. The van der Waals surface area contributed by atoms with Gasteiger partial charge in [0.1, 0.15) is 0 Å². The highest BCUT2D eigenvalue weighted by atomic mass is 16.2. The summed E-state index contributed by atoms with van der Waals surface area (Å²) < 4.78 is 0. The highest BCUT2D eigenvalue weighted by molar-refractivity contribution is 5.93. The van der Waals surface area contributed by atoms with Crippen molar-refractivity contribution >= 4 is 11.6 Å². The van der Waals surface area contributed by atoms with E-state index in [-0.39, 0.29) is 5.91 Å². The molecule has 16 heavy (non-hydrogen) atoms. The summed E-state index contributed by atoms with van der Waals surface area (Å²) >= 11 is 0. The predicted octanol–water partition coefficient (Wildman–Crippen LogP) is 2.05. The monoisotopic (exact) mass is 218 g/mol. The molecule has 0 saturated carbocycles. The van der Waals surface area contributed by atoms with Crippen molar-refractivity contribution in [2.75, 3.05) is 11.4 Å². The Morgan fingerprint density at radius 3 is 2.56 bits per heavy atom. The number of nitrogens with zero attached hydrogens (tertiary/aromatic N) is 1. The number of carbonyl (C=O) groups excluding carboxylic acids is 1. The van der Waals surface area contributed by atoms with Crippen molar-refractivity contribution in [1.82, 2.24) is 0 Å². The first kappa shape index (κ1) is 11.1. The van der Waals surface area contributed by atoms with Crippen LogP contribution in [0, 0.1) is 0 Å². The predicted molar refractivity (Wildman–Crippen MR) is 65.2 cm³/mol. The van der Waals surface area contributed by atoms with Gasteiger partial charge in [0.25, 0.3) is 0 Å². The zero-order valence-electron chi connectivity index (χ0n) is 9.48. The SMILES string of the molecule is NCc1ccc(N2CCCCCC2=O)cc1. The largest absolute Gasteiger partial charge is 0.326 e. The molecule has 1 aromatic carbocycles. The van der Waals surface area contributed by atoms with E-state index in [1.54, 1.807) is 0 Å². The van der Waals surface area contributed by atoms with Gasteiger partial charge in [-0.25, -0.2) is 0 Å². The maximum Gasteiger partial charge on any atom is 0.226 e. The Morgan fingerprint density at radius 1 is 1.12 bits per heavy atom. The van der Waals surface area contributed by atoms with Crippen LogP contribution in [0.5, 0.6) is 0 Å². The van der Waals surface area contributed by atoms with Crippen molar-refractivity contribution in [2.24, 2.45) is 5.73 Å². The summed E-state index contributed by atoms with van der Waals surface area (Å²) in [4.78, 5) is 13.8. The van der Waals surface area contributed by atoms with Crippen molar-refractivity contribution in [3.63, 3.8) is 0 Å². The minimum absolute atomic E-state index is 0.248. The second-order valence-corrected chi connectivity index (χ2v) is 4.23. The molecule has 0 radical (unpaired) electrons. The maximum absolute atomic E-state index is 11.9. The van der Waals surface area contributed by atoms with Gasteiger partial charge in [-0.05, 0) is 30.5 Å². The van der Waals surface area contributed by atoms with Gasteiger partial charge >= 0.3 is 0 Å². The Kier molecular flexibility index (Phi) is 3.57. The Bertz CT molecular complexity index is 359. The third-order valence-electron chi connectivity index (χ3n) is 3.06. The molecular formula is C13H18N2O. The smallest absolute Gasteiger partial charge is 0.226 e. The van der Waals surface area contributed by atoms with Crippen LogP contribution in [0.2, 0.25) is 0 Å². The van der Waals surface area contributed by atoms with Gasteiger partial charge in [0.05, 0.1) is 0 Å². The molecule has 0 atom stereocenters. The fraction of sp³-hybridized carbons (Fsp3) is 0.462. The first-order chi connectivity index (χ1) is 7.81. The first-order valence-electron chi connectivity index (χ1n) is 5.90. The fourth-order valence-corrected chi connectivity index (χ4v) is 2.07. The van der Waals surface area contributed by atoms with E-state index < -0.39 is 0 Å². The van der Waals surface area contributed by atoms with Gasteiger partial charge in [-0.2, -0.15) is 0 Å². The molecule has 1 aliphatic heterocycles. The number of carbonyl (C=O) groups is 1. The van der Waals surface area contributed by atoms with Crippen molar-refractivity contribution < 1.29 is 4.79 Å². The van der Waals surface area contributed by atoms with E-state index in [4.69, 9.17) is 5.73 Å². The molecule has 1 aliphatic rings. The molecule has 3 heteroatoms. The minimum atomic E-state index is 0.248. The van der Waals surface area contributed by atoms with Crippen molar-refractivity contribution in [3.8, 4) is 0 Å². The van der Waals surface area contributed by atoms with Gasteiger partial charge in [0, 0.05) is 25.2 Å². The van der Waals surface area contributed by atoms with E-state index in [0.717, 1.165) is 37.1 Å². The average Bonchev–Trinajstić information content (AvgIpc) is 2.54. The molecule has 0 spiro atoms. The summed E-state index contributed by atoms with van der Waals surface area (Å²) in [6.45, 7) is 1.40. The maximum atomic E-state index is 11.9. The van der Waals surface area contributed by atoms with Crippen LogP contribution < -0.4 is 10.6 Å². The lowest BCUT2D eigenvalue weighted by Gasteiger charge is -2.20. The molecule has 2 N–H and O–H groups in total.